The fraction of sp³-hybridized carbons (Fsp3) is 0.727. The highest BCUT2D eigenvalue weighted by Gasteiger charge is 2.38. The Hall–Kier alpha value is -2.52. The van der Waals surface area contributed by atoms with E-state index in [1.54, 1.807) is 18.0 Å². The Bertz CT molecular complexity index is 846. The summed E-state index contributed by atoms with van der Waals surface area (Å²) in [4.78, 5) is 75.4. The molecular weight excluding hydrogens is 524 g/mol. The highest BCUT2D eigenvalue weighted by Crippen LogP contribution is 2.19. The van der Waals surface area contributed by atoms with E-state index >= 15 is 0 Å². The lowest BCUT2D eigenvalue weighted by Gasteiger charge is -2.28. The molecule has 5 amide bonds. The van der Waals surface area contributed by atoms with Crippen molar-refractivity contribution in [2.24, 2.45) is 11.5 Å². The van der Waals surface area contributed by atoms with Crippen LogP contribution in [0, 0.1) is 0 Å². The highest BCUT2D eigenvalue weighted by atomic mass is 32.2. The average molecular weight is 563 g/mol. The van der Waals surface area contributed by atoms with Gasteiger partial charge in [0, 0.05) is 6.54 Å². The quantitative estimate of drug-likeness (QED) is 0.125. The molecule has 37 heavy (non-hydrogen) atoms. The van der Waals surface area contributed by atoms with Crippen LogP contribution in [0.25, 0.3) is 0 Å². The van der Waals surface area contributed by atoms with E-state index in [1.165, 1.54) is 23.6 Å². The van der Waals surface area contributed by atoms with Crippen LogP contribution in [0.15, 0.2) is 0 Å². The van der Waals surface area contributed by atoms with Crippen LogP contribution in [0.5, 0.6) is 0 Å². The summed E-state index contributed by atoms with van der Waals surface area (Å²) < 4.78 is 0. The number of amides is 5. The van der Waals surface area contributed by atoms with Crippen molar-refractivity contribution in [3.63, 3.8) is 0 Å². The molecular formula is C22H38N6O7S2. The van der Waals surface area contributed by atoms with Crippen molar-refractivity contribution < 1.29 is 33.9 Å². The predicted molar refractivity (Wildman–Crippen MR) is 142 cm³/mol. The number of aliphatic carboxylic acids is 1. The van der Waals surface area contributed by atoms with Gasteiger partial charge in [-0.25, -0.2) is 4.79 Å². The second kappa shape index (κ2) is 16.3. The number of carboxylic acid groups (broad SMARTS) is 1. The molecule has 15 heteroatoms. The molecule has 0 saturated carbocycles. The van der Waals surface area contributed by atoms with Crippen molar-refractivity contribution in [2.75, 3.05) is 30.6 Å². The smallest absolute Gasteiger partial charge is 0.326 e. The van der Waals surface area contributed by atoms with Crippen molar-refractivity contribution in [2.45, 2.75) is 69.2 Å². The largest absolute Gasteiger partial charge is 0.480 e. The van der Waals surface area contributed by atoms with Crippen LogP contribution in [0.2, 0.25) is 0 Å². The number of rotatable bonds is 16. The topological polar surface area (TPSA) is 214 Å². The summed E-state index contributed by atoms with van der Waals surface area (Å²) in [5.41, 5.74) is 11.2. The molecule has 1 heterocycles. The first-order chi connectivity index (χ1) is 17.4. The lowest BCUT2D eigenvalue weighted by atomic mass is 10.1. The number of likely N-dealkylation sites (tertiary alicyclic amines) is 1. The van der Waals surface area contributed by atoms with Crippen molar-refractivity contribution >= 4 is 59.0 Å². The Balaban J connectivity index is 2.85. The summed E-state index contributed by atoms with van der Waals surface area (Å²) >= 11 is 2.98. The summed E-state index contributed by atoms with van der Waals surface area (Å²) in [6.07, 6.45) is 4.75. The first-order valence-electron chi connectivity index (χ1n) is 11.9. The van der Waals surface area contributed by atoms with Gasteiger partial charge in [0.2, 0.25) is 29.5 Å². The second-order valence-corrected chi connectivity index (χ2v) is 10.7. The van der Waals surface area contributed by atoms with Crippen LogP contribution in [0.4, 0.5) is 0 Å². The van der Waals surface area contributed by atoms with Gasteiger partial charge in [-0.3, -0.25) is 24.0 Å². The molecule has 1 fully saturated rings. The Labute approximate surface area is 224 Å². The molecule has 1 aliphatic heterocycles. The van der Waals surface area contributed by atoms with E-state index in [0.717, 1.165) is 0 Å². The third kappa shape index (κ3) is 10.8. The van der Waals surface area contributed by atoms with E-state index in [0.29, 0.717) is 37.3 Å². The molecule has 0 unspecified atom stereocenters. The van der Waals surface area contributed by atoms with E-state index in [1.807, 2.05) is 6.26 Å². The lowest BCUT2D eigenvalue weighted by molar-refractivity contribution is -0.142. The summed E-state index contributed by atoms with van der Waals surface area (Å²) in [7, 11) is 0. The number of hydrogen-bond donors (Lipinski definition) is 6. The normalized spacial score (nSPS) is 18.3. The molecule has 1 saturated heterocycles. The van der Waals surface area contributed by atoms with Gasteiger partial charge in [-0.05, 0) is 56.6 Å². The number of nitrogens with zero attached hydrogens (tertiary/aromatic N) is 1. The minimum Gasteiger partial charge on any atom is -0.480 e. The minimum absolute atomic E-state index is 0.195. The average Bonchev–Trinajstić information content (AvgIpc) is 3.33. The van der Waals surface area contributed by atoms with Gasteiger partial charge < -0.3 is 37.4 Å². The maximum absolute atomic E-state index is 13.0. The van der Waals surface area contributed by atoms with E-state index in [-0.39, 0.29) is 12.3 Å². The maximum Gasteiger partial charge on any atom is 0.326 e. The molecule has 0 aromatic rings. The van der Waals surface area contributed by atoms with E-state index in [9.17, 15) is 33.9 Å². The molecule has 5 atom stereocenters. The SMILES string of the molecule is CSCC[C@H](NC(=O)[C@H](C)NC(=O)[C@H](CC(N)=O)NC(=O)[C@@H]1CCCN1C(=O)[C@@H](N)CCSC)C(=O)O. The number of primary amides is 1. The van der Waals surface area contributed by atoms with Crippen molar-refractivity contribution in [3.05, 3.63) is 0 Å². The van der Waals surface area contributed by atoms with Crippen LogP contribution in [0.1, 0.15) is 39.0 Å². The van der Waals surface area contributed by atoms with Crippen LogP contribution in [-0.2, 0) is 28.8 Å². The Morgan fingerprint density at radius 1 is 0.973 bits per heavy atom. The summed E-state index contributed by atoms with van der Waals surface area (Å²) in [5, 5.41) is 16.5. The van der Waals surface area contributed by atoms with Gasteiger partial charge in [-0.15, -0.1) is 0 Å². The fourth-order valence-corrected chi connectivity index (χ4v) is 4.69. The molecule has 1 rings (SSSR count). The zero-order valence-corrected chi connectivity index (χ0v) is 23.0. The fourth-order valence-electron chi connectivity index (χ4n) is 3.73. The molecule has 0 radical (unpaired) electrons. The van der Waals surface area contributed by atoms with Gasteiger partial charge >= 0.3 is 5.97 Å². The molecule has 1 aliphatic rings. The standard InChI is InChI=1S/C22H38N6O7S2/c1-12(18(30)26-14(22(34)35)7-10-37-3)25-19(31)15(11-17(24)29)27-20(32)16-5-4-8-28(16)21(33)13(23)6-9-36-2/h12-16H,4-11,23H2,1-3H3,(H2,24,29)(H,25,31)(H,26,30)(H,27,32)(H,34,35)/t12-,13-,14-,15-,16-/m0/s1. The number of thioether (sulfide) groups is 2. The molecule has 13 nitrogen and oxygen atoms in total. The molecule has 0 spiro atoms. The highest BCUT2D eigenvalue weighted by molar-refractivity contribution is 7.98. The number of nitrogens with two attached hydrogens (primary N) is 2. The maximum atomic E-state index is 13.0. The number of carbonyl (C=O) groups is 6. The van der Waals surface area contributed by atoms with Crippen LogP contribution >= 0.6 is 23.5 Å². The molecule has 8 N–H and O–H groups in total. The third-order valence-corrected chi connectivity index (χ3v) is 7.09. The van der Waals surface area contributed by atoms with Gasteiger partial charge in [0.15, 0.2) is 0 Å². The number of nitrogens with one attached hydrogen (secondary N) is 3. The summed E-state index contributed by atoms with van der Waals surface area (Å²) in [6, 6.07) is -5.29. The van der Waals surface area contributed by atoms with Gasteiger partial charge in [0.1, 0.15) is 24.2 Å². The zero-order chi connectivity index (χ0) is 28.1. The summed E-state index contributed by atoms with van der Waals surface area (Å²) in [5.74, 6) is -3.45. The van der Waals surface area contributed by atoms with Crippen molar-refractivity contribution in [1.82, 2.24) is 20.9 Å². The van der Waals surface area contributed by atoms with Gasteiger partial charge in [0.05, 0.1) is 12.5 Å². The van der Waals surface area contributed by atoms with Gasteiger partial charge in [-0.2, -0.15) is 23.5 Å². The van der Waals surface area contributed by atoms with E-state index < -0.39 is 66.2 Å². The predicted octanol–water partition coefficient (Wildman–Crippen LogP) is -1.75. The Morgan fingerprint density at radius 3 is 2.16 bits per heavy atom. The molecule has 0 aromatic heterocycles. The Kier molecular flexibility index (Phi) is 14.4. The van der Waals surface area contributed by atoms with Crippen LogP contribution in [0.3, 0.4) is 0 Å². The monoisotopic (exact) mass is 562 g/mol. The molecule has 210 valence electrons. The third-order valence-electron chi connectivity index (χ3n) is 5.80. The van der Waals surface area contributed by atoms with Crippen molar-refractivity contribution in [1.29, 1.82) is 0 Å². The minimum atomic E-state index is -1.39. The number of carbonyl (C=O) groups excluding carboxylic acids is 5. The Morgan fingerprint density at radius 2 is 1.59 bits per heavy atom. The first-order valence-corrected chi connectivity index (χ1v) is 14.7. The van der Waals surface area contributed by atoms with Crippen LogP contribution < -0.4 is 27.4 Å². The lowest BCUT2D eigenvalue weighted by Crippen LogP contribution is -2.58. The first kappa shape index (κ1) is 32.5. The van der Waals surface area contributed by atoms with Gasteiger partial charge in [-0.1, -0.05) is 0 Å². The van der Waals surface area contributed by atoms with E-state index in [2.05, 4.69) is 16.0 Å². The number of hydrogen-bond acceptors (Lipinski definition) is 9. The second-order valence-electron chi connectivity index (χ2n) is 8.72. The van der Waals surface area contributed by atoms with Gasteiger partial charge in [0.25, 0.3) is 0 Å². The number of carboxylic acids is 1. The van der Waals surface area contributed by atoms with Crippen molar-refractivity contribution in [3.8, 4) is 0 Å². The molecule has 0 bridgehead atoms. The summed E-state index contributed by atoms with van der Waals surface area (Å²) in [6.45, 7) is 1.69. The molecule has 0 aromatic carbocycles. The van der Waals surface area contributed by atoms with Crippen LogP contribution in [-0.4, -0.2) is 106 Å². The zero-order valence-electron chi connectivity index (χ0n) is 21.4. The molecule has 0 aliphatic carbocycles. The van der Waals surface area contributed by atoms with E-state index in [4.69, 9.17) is 11.5 Å².